The fourth-order valence-corrected chi connectivity index (χ4v) is 2.18. The molecule has 1 heterocycles. The number of rotatable bonds is 6. The van der Waals surface area contributed by atoms with Gasteiger partial charge in [-0.2, -0.15) is 0 Å². The van der Waals surface area contributed by atoms with Gasteiger partial charge < -0.3 is 5.32 Å². The van der Waals surface area contributed by atoms with Crippen LogP contribution in [0, 0.1) is 12.3 Å². The van der Waals surface area contributed by atoms with E-state index >= 15 is 0 Å². The molecule has 1 aromatic rings. The van der Waals surface area contributed by atoms with Crippen LogP contribution in [0.1, 0.15) is 45.2 Å². The van der Waals surface area contributed by atoms with Gasteiger partial charge in [-0.05, 0) is 36.6 Å². The number of hydrogen-bond acceptors (Lipinski definition) is 3. The highest BCUT2D eigenvalue weighted by Crippen LogP contribution is 2.32. The Hall–Kier alpha value is -2.34. The van der Waals surface area contributed by atoms with Crippen LogP contribution < -0.4 is 5.32 Å². The van der Waals surface area contributed by atoms with Gasteiger partial charge in [0.05, 0.1) is 0 Å². The van der Waals surface area contributed by atoms with Crippen LogP contribution in [-0.2, 0) is 0 Å². The van der Waals surface area contributed by atoms with Gasteiger partial charge in [0.1, 0.15) is 5.69 Å². The van der Waals surface area contributed by atoms with Crippen molar-refractivity contribution in [2.75, 3.05) is 5.32 Å². The Morgan fingerprint density at radius 2 is 2.00 bits per heavy atom. The predicted molar refractivity (Wildman–Crippen MR) is 92.6 cm³/mol. The number of nitrogens with one attached hydrogen (secondary N) is 1. The summed E-state index contributed by atoms with van der Waals surface area (Å²) in [7, 11) is 0. The molecular formula is C19H23N3. The molecule has 0 saturated carbocycles. The van der Waals surface area contributed by atoms with Crippen molar-refractivity contribution in [3.8, 4) is 23.5 Å². The maximum Gasteiger partial charge on any atom is 0.224 e. The molecule has 1 atom stereocenters. The minimum absolute atomic E-state index is 0.388. The summed E-state index contributed by atoms with van der Waals surface area (Å²) >= 11 is 0. The first kappa shape index (κ1) is 16.0. The summed E-state index contributed by atoms with van der Waals surface area (Å²) in [6, 6.07) is 10.6. The van der Waals surface area contributed by atoms with Gasteiger partial charge in [-0.1, -0.05) is 50.3 Å². The SMILES string of the molecule is C#Cc1ccnc(NC(C)CCCCC)n1.c1cc2cc-2c1. The van der Waals surface area contributed by atoms with E-state index in [2.05, 4.69) is 59.3 Å². The van der Waals surface area contributed by atoms with E-state index in [9.17, 15) is 0 Å². The van der Waals surface area contributed by atoms with Crippen LogP contribution in [0.25, 0.3) is 11.1 Å². The summed E-state index contributed by atoms with van der Waals surface area (Å²) in [6.45, 7) is 4.35. The first-order valence-corrected chi connectivity index (χ1v) is 7.89. The molecule has 0 radical (unpaired) electrons. The Morgan fingerprint density at radius 1 is 1.23 bits per heavy atom. The van der Waals surface area contributed by atoms with E-state index in [0.29, 0.717) is 17.7 Å². The van der Waals surface area contributed by atoms with E-state index < -0.39 is 0 Å². The molecule has 1 N–H and O–H groups in total. The second kappa shape index (κ2) is 8.19. The highest BCUT2D eigenvalue weighted by atomic mass is 15.1. The van der Waals surface area contributed by atoms with Crippen molar-refractivity contribution >= 4 is 5.95 Å². The smallest absolute Gasteiger partial charge is 0.224 e. The molecule has 2 aliphatic rings. The van der Waals surface area contributed by atoms with Crippen LogP contribution in [-0.4, -0.2) is 16.0 Å². The molecule has 0 spiro atoms. The van der Waals surface area contributed by atoms with Crippen LogP contribution in [0.5, 0.6) is 0 Å². The monoisotopic (exact) mass is 293 g/mol. The third kappa shape index (κ3) is 5.21. The minimum atomic E-state index is 0.388. The van der Waals surface area contributed by atoms with Gasteiger partial charge in [0, 0.05) is 12.2 Å². The maximum absolute atomic E-state index is 5.28. The number of fused-ring (bicyclic) bond motifs is 1. The third-order valence-corrected chi connectivity index (χ3v) is 3.53. The number of anilines is 1. The molecule has 0 amide bonds. The van der Waals surface area contributed by atoms with Crippen LogP contribution in [0.2, 0.25) is 0 Å². The van der Waals surface area contributed by atoms with E-state index in [1.54, 1.807) is 12.3 Å². The van der Waals surface area contributed by atoms with Gasteiger partial charge in [-0.25, -0.2) is 9.97 Å². The second-order valence-corrected chi connectivity index (χ2v) is 5.53. The van der Waals surface area contributed by atoms with Gasteiger partial charge >= 0.3 is 0 Å². The van der Waals surface area contributed by atoms with Crippen molar-refractivity contribution in [2.45, 2.75) is 45.6 Å². The summed E-state index contributed by atoms with van der Waals surface area (Å²) in [6.07, 6.45) is 11.9. The van der Waals surface area contributed by atoms with E-state index in [0.717, 1.165) is 6.42 Å². The zero-order chi connectivity index (χ0) is 15.8. The van der Waals surface area contributed by atoms with E-state index in [1.807, 2.05) is 0 Å². The van der Waals surface area contributed by atoms with Gasteiger partial charge in [-0.15, -0.1) is 6.42 Å². The molecule has 0 fully saturated rings. The van der Waals surface area contributed by atoms with Crippen molar-refractivity contribution in [1.29, 1.82) is 0 Å². The van der Waals surface area contributed by atoms with Crippen molar-refractivity contribution in [3.63, 3.8) is 0 Å². The largest absolute Gasteiger partial charge is 0.352 e. The fourth-order valence-electron chi connectivity index (χ4n) is 2.18. The minimum Gasteiger partial charge on any atom is -0.352 e. The van der Waals surface area contributed by atoms with Crippen molar-refractivity contribution in [1.82, 2.24) is 9.97 Å². The molecule has 0 aliphatic heterocycles. The molecule has 0 saturated heterocycles. The summed E-state index contributed by atoms with van der Waals surface area (Å²) in [5.74, 6) is 3.13. The quantitative estimate of drug-likeness (QED) is 0.537. The summed E-state index contributed by atoms with van der Waals surface area (Å²) in [5, 5.41) is 3.26. The molecule has 2 aliphatic carbocycles. The number of hydrogen-bond donors (Lipinski definition) is 1. The number of unbranched alkanes of at least 4 members (excludes halogenated alkanes) is 2. The Kier molecular flexibility index (Phi) is 5.97. The summed E-state index contributed by atoms with van der Waals surface area (Å²) in [5.41, 5.74) is 3.48. The Bertz CT molecular complexity index is 626. The highest BCUT2D eigenvalue weighted by molar-refractivity contribution is 5.80. The van der Waals surface area contributed by atoms with E-state index in [4.69, 9.17) is 6.42 Å². The highest BCUT2D eigenvalue weighted by Gasteiger charge is 2.07. The lowest BCUT2D eigenvalue weighted by Crippen LogP contribution is -2.17. The average molecular weight is 293 g/mol. The van der Waals surface area contributed by atoms with Crippen molar-refractivity contribution in [3.05, 3.63) is 42.2 Å². The number of benzene rings is 1. The average Bonchev–Trinajstić information content (AvgIpc) is 3.14. The maximum atomic E-state index is 5.28. The van der Waals surface area contributed by atoms with Crippen LogP contribution in [0.4, 0.5) is 5.95 Å². The van der Waals surface area contributed by atoms with Gasteiger partial charge in [0.15, 0.2) is 0 Å². The Balaban J connectivity index is 0.000000238. The molecule has 22 heavy (non-hydrogen) atoms. The lowest BCUT2D eigenvalue weighted by Gasteiger charge is -2.13. The molecule has 0 aromatic carbocycles. The molecule has 114 valence electrons. The lowest BCUT2D eigenvalue weighted by atomic mass is 10.1. The van der Waals surface area contributed by atoms with E-state index in [-0.39, 0.29) is 0 Å². The first-order chi connectivity index (χ1) is 10.7. The van der Waals surface area contributed by atoms with Gasteiger partial charge in [-0.3, -0.25) is 0 Å². The summed E-state index contributed by atoms with van der Waals surface area (Å²) in [4.78, 5) is 8.34. The van der Waals surface area contributed by atoms with Crippen molar-refractivity contribution in [2.24, 2.45) is 0 Å². The molecule has 0 bridgehead atoms. The second-order valence-electron chi connectivity index (χ2n) is 5.53. The van der Waals surface area contributed by atoms with Crippen molar-refractivity contribution < 1.29 is 0 Å². The van der Waals surface area contributed by atoms with E-state index in [1.165, 1.54) is 30.4 Å². The standard InChI is InChI=1S/C13H19N3.C6H4/c1-4-6-7-8-11(3)15-13-14-10-9-12(5-2)16-13;1-2-5-4-6(5)3-1/h2,9-11H,4,6-8H2,1,3H3,(H,14,15,16);1-4H. The molecular weight excluding hydrogens is 270 g/mol. The van der Waals surface area contributed by atoms with Crippen LogP contribution in [0.15, 0.2) is 36.5 Å². The van der Waals surface area contributed by atoms with Crippen LogP contribution >= 0.6 is 0 Å². The molecule has 3 heteroatoms. The number of aromatic nitrogens is 2. The topological polar surface area (TPSA) is 37.8 Å². The lowest BCUT2D eigenvalue weighted by molar-refractivity contribution is 0.612. The first-order valence-electron chi connectivity index (χ1n) is 7.89. The Labute approximate surface area is 133 Å². The van der Waals surface area contributed by atoms with Gasteiger partial charge in [0.2, 0.25) is 5.95 Å². The Morgan fingerprint density at radius 3 is 2.55 bits per heavy atom. The molecule has 3 rings (SSSR count). The van der Waals surface area contributed by atoms with Crippen LogP contribution in [0.3, 0.4) is 0 Å². The number of nitrogens with zero attached hydrogens (tertiary/aromatic N) is 2. The predicted octanol–water partition coefficient (Wildman–Crippen LogP) is 4.51. The molecule has 1 unspecified atom stereocenters. The number of terminal acetylenes is 1. The molecule has 1 aromatic heterocycles. The normalized spacial score (nSPS) is 11.7. The zero-order valence-electron chi connectivity index (χ0n) is 13.3. The summed E-state index contributed by atoms with van der Waals surface area (Å²) < 4.78 is 0. The van der Waals surface area contributed by atoms with Gasteiger partial charge in [0.25, 0.3) is 0 Å². The molecule has 3 nitrogen and oxygen atoms in total. The third-order valence-electron chi connectivity index (χ3n) is 3.53. The fraction of sp³-hybridized carbons (Fsp3) is 0.368. The zero-order valence-corrected chi connectivity index (χ0v) is 13.3.